The zero-order chi connectivity index (χ0) is 13.1. The molecule has 0 fully saturated rings. The average Bonchev–Trinajstić information content (AvgIpc) is 2.18. The number of hydrogen-bond donors (Lipinski definition) is 1. The van der Waals surface area contributed by atoms with Gasteiger partial charge in [-0.25, -0.2) is 0 Å². The van der Waals surface area contributed by atoms with Gasteiger partial charge in [0.2, 0.25) is 0 Å². The smallest absolute Gasteiger partial charge is 0.0370 e. The summed E-state index contributed by atoms with van der Waals surface area (Å²) >= 11 is 0. The molecule has 0 aliphatic carbocycles. The van der Waals surface area contributed by atoms with E-state index in [1.54, 1.807) is 0 Å². The molecular weight excluding hydrogens is 208 g/mol. The predicted octanol–water partition coefficient (Wildman–Crippen LogP) is 3.27. The summed E-state index contributed by atoms with van der Waals surface area (Å²) in [6.45, 7) is 11.0. The quantitative estimate of drug-likeness (QED) is 0.860. The number of nitrogens with one attached hydrogen (secondary N) is 1. The average molecular weight is 234 g/mol. The van der Waals surface area contributed by atoms with Crippen molar-refractivity contribution in [2.75, 3.05) is 32.5 Å². The lowest BCUT2D eigenvalue weighted by molar-refractivity contribution is 0.425. The molecule has 0 radical (unpaired) electrons. The van der Waals surface area contributed by atoms with Crippen molar-refractivity contribution in [1.29, 1.82) is 0 Å². The molecule has 1 aromatic rings. The van der Waals surface area contributed by atoms with Gasteiger partial charge < -0.3 is 10.2 Å². The standard InChI is InChI=1S/C15H26N2/c1-12-11-13(15(2,3)4)7-8-14(12)16-9-10-17(5)6/h7-8,11,16H,9-10H2,1-6H3. The molecule has 0 atom stereocenters. The topological polar surface area (TPSA) is 15.3 Å². The molecule has 0 saturated heterocycles. The van der Waals surface area contributed by atoms with Crippen molar-refractivity contribution in [3.63, 3.8) is 0 Å². The number of likely N-dealkylation sites (N-methyl/N-ethyl adjacent to an activating group) is 1. The third-order valence-electron chi connectivity index (χ3n) is 2.97. The molecule has 0 saturated carbocycles. The molecule has 0 spiro atoms. The number of rotatable bonds is 4. The Bertz CT molecular complexity index is 362. The predicted molar refractivity (Wildman–Crippen MR) is 76.9 cm³/mol. The summed E-state index contributed by atoms with van der Waals surface area (Å²) in [6.07, 6.45) is 0. The molecule has 1 aromatic carbocycles. The maximum atomic E-state index is 3.48. The zero-order valence-electron chi connectivity index (χ0n) is 12.1. The minimum absolute atomic E-state index is 0.229. The van der Waals surface area contributed by atoms with E-state index >= 15 is 0 Å². The highest BCUT2D eigenvalue weighted by Crippen LogP contribution is 2.26. The van der Waals surface area contributed by atoms with E-state index in [2.05, 4.69) is 70.2 Å². The monoisotopic (exact) mass is 234 g/mol. The van der Waals surface area contributed by atoms with Crippen LogP contribution in [0.4, 0.5) is 5.69 Å². The fourth-order valence-electron chi connectivity index (χ4n) is 1.74. The molecule has 96 valence electrons. The second-order valence-corrected chi connectivity index (χ2v) is 6.01. The van der Waals surface area contributed by atoms with E-state index < -0.39 is 0 Å². The van der Waals surface area contributed by atoms with Crippen molar-refractivity contribution in [2.24, 2.45) is 0 Å². The van der Waals surface area contributed by atoms with Crippen LogP contribution < -0.4 is 5.32 Å². The molecular formula is C15H26N2. The Balaban J connectivity index is 2.70. The van der Waals surface area contributed by atoms with Crippen molar-refractivity contribution < 1.29 is 0 Å². The van der Waals surface area contributed by atoms with E-state index in [4.69, 9.17) is 0 Å². The molecule has 0 unspecified atom stereocenters. The molecule has 0 aliphatic rings. The summed E-state index contributed by atoms with van der Waals surface area (Å²) in [7, 11) is 4.19. The van der Waals surface area contributed by atoms with Gasteiger partial charge in [0.15, 0.2) is 0 Å². The fraction of sp³-hybridized carbons (Fsp3) is 0.600. The van der Waals surface area contributed by atoms with Crippen LogP contribution in [0.3, 0.4) is 0 Å². The fourth-order valence-corrected chi connectivity index (χ4v) is 1.74. The van der Waals surface area contributed by atoms with E-state index in [1.807, 2.05) is 0 Å². The Morgan fingerprint density at radius 3 is 2.29 bits per heavy atom. The van der Waals surface area contributed by atoms with E-state index in [0.29, 0.717) is 0 Å². The Kier molecular flexibility index (Phi) is 4.58. The van der Waals surface area contributed by atoms with Crippen LogP contribution in [-0.2, 0) is 5.41 Å². The third kappa shape index (κ3) is 4.39. The largest absolute Gasteiger partial charge is 0.384 e. The van der Waals surface area contributed by atoms with E-state index in [-0.39, 0.29) is 5.41 Å². The highest BCUT2D eigenvalue weighted by molar-refractivity contribution is 5.53. The Labute approximate surface area is 106 Å². The van der Waals surface area contributed by atoms with Crippen molar-refractivity contribution >= 4 is 5.69 Å². The summed E-state index contributed by atoms with van der Waals surface area (Å²) in [5.74, 6) is 0. The number of benzene rings is 1. The van der Waals surface area contributed by atoms with Crippen LogP contribution in [-0.4, -0.2) is 32.1 Å². The van der Waals surface area contributed by atoms with E-state index in [0.717, 1.165) is 13.1 Å². The van der Waals surface area contributed by atoms with Crippen molar-refractivity contribution in [2.45, 2.75) is 33.1 Å². The number of anilines is 1. The Hall–Kier alpha value is -1.02. The van der Waals surface area contributed by atoms with Crippen LogP contribution in [0, 0.1) is 6.92 Å². The first-order valence-electron chi connectivity index (χ1n) is 6.30. The number of nitrogens with zero attached hydrogens (tertiary/aromatic N) is 1. The molecule has 0 amide bonds. The lowest BCUT2D eigenvalue weighted by Crippen LogP contribution is -2.21. The molecule has 0 aromatic heterocycles. The maximum Gasteiger partial charge on any atom is 0.0370 e. The normalized spacial score (nSPS) is 11.9. The van der Waals surface area contributed by atoms with Crippen LogP contribution in [0.5, 0.6) is 0 Å². The van der Waals surface area contributed by atoms with E-state index in [1.165, 1.54) is 16.8 Å². The van der Waals surface area contributed by atoms with Crippen LogP contribution in [0.15, 0.2) is 18.2 Å². The van der Waals surface area contributed by atoms with Gasteiger partial charge in [-0.15, -0.1) is 0 Å². The molecule has 2 heteroatoms. The first kappa shape index (κ1) is 14.0. The minimum Gasteiger partial charge on any atom is -0.384 e. The second kappa shape index (κ2) is 5.54. The Morgan fingerprint density at radius 2 is 1.82 bits per heavy atom. The van der Waals surface area contributed by atoms with Gasteiger partial charge in [0.1, 0.15) is 0 Å². The zero-order valence-corrected chi connectivity index (χ0v) is 12.1. The summed E-state index contributed by atoms with van der Waals surface area (Å²) in [5, 5.41) is 3.48. The molecule has 1 rings (SSSR count). The van der Waals surface area contributed by atoms with Gasteiger partial charge in [0.05, 0.1) is 0 Å². The van der Waals surface area contributed by atoms with Crippen LogP contribution >= 0.6 is 0 Å². The lowest BCUT2D eigenvalue weighted by Gasteiger charge is -2.21. The van der Waals surface area contributed by atoms with Gasteiger partial charge in [-0.05, 0) is 43.6 Å². The number of hydrogen-bond acceptors (Lipinski definition) is 2. The summed E-state index contributed by atoms with van der Waals surface area (Å²) < 4.78 is 0. The van der Waals surface area contributed by atoms with Crippen LogP contribution in [0.25, 0.3) is 0 Å². The van der Waals surface area contributed by atoms with Crippen LogP contribution in [0.2, 0.25) is 0 Å². The van der Waals surface area contributed by atoms with Gasteiger partial charge in [-0.2, -0.15) is 0 Å². The van der Waals surface area contributed by atoms with Gasteiger partial charge in [-0.1, -0.05) is 32.9 Å². The summed E-state index contributed by atoms with van der Waals surface area (Å²) in [4.78, 5) is 2.19. The molecule has 0 heterocycles. The minimum atomic E-state index is 0.229. The SMILES string of the molecule is Cc1cc(C(C)(C)C)ccc1NCCN(C)C. The third-order valence-corrected chi connectivity index (χ3v) is 2.97. The maximum absolute atomic E-state index is 3.48. The highest BCUT2D eigenvalue weighted by Gasteiger charge is 2.14. The van der Waals surface area contributed by atoms with E-state index in [9.17, 15) is 0 Å². The molecule has 0 aliphatic heterocycles. The van der Waals surface area contributed by atoms with Crippen molar-refractivity contribution in [1.82, 2.24) is 4.90 Å². The molecule has 2 nitrogen and oxygen atoms in total. The summed E-state index contributed by atoms with van der Waals surface area (Å²) in [5.41, 5.74) is 4.21. The first-order chi connectivity index (χ1) is 7.80. The van der Waals surface area contributed by atoms with Gasteiger partial charge >= 0.3 is 0 Å². The lowest BCUT2D eigenvalue weighted by atomic mass is 9.86. The van der Waals surface area contributed by atoms with Crippen LogP contribution in [0.1, 0.15) is 31.9 Å². The first-order valence-corrected chi connectivity index (χ1v) is 6.30. The van der Waals surface area contributed by atoms with Gasteiger partial charge in [0, 0.05) is 18.8 Å². The highest BCUT2D eigenvalue weighted by atomic mass is 15.1. The van der Waals surface area contributed by atoms with Gasteiger partial charge in [0.25, 0.3) is 0 Å². The second-order valence-electron chi connectivity index (χ2n) is 6.01. The molecule has 0 bridgehead atoms. The van der Waals surface area contributed by atoms with Crippen molar-refractivity contribution in [3.8, 4) is 0 Å². The summed E-state index contributed by atoms with van der Waals surface area (Å²) in [6, 6.07) is 6.72. The van der Waals surface area contributed by atoms with Gasteiger partial charge in [-0.3, -0.25) is 0 Å². The Morgan fingerprint density at radius 1 is 1.18 bits per heavy atom. The number of aryl methyl sites for hydroxylation is 1. The van der Waals surface area contributed by atoms with Crippen molar-refractivity contribution in [3.05, 3.63) is 29.3 Å². The molecule has 17 heavy (non-hydrogen) atoms. The molecule has 1 N–H and O–H groups in total.